The Morgan fingerprint density at radius 3 is 2.47 bits per heavy atom. The molecule has 0 saturated heterocycles. The van der Waals surface area contributed by atoms with Crippen LogP contribution in [0, 0.1) is 5.82 Å². The Kier molecular flexibility index (Phi) is 6.41. The molecule has 0 amide bonds. The number of benzene rings is 2. The second-order valence-electron chi connectivity index (χ2n) is 8.05. The fourth-order valence-electron chi connectivity index (χ4n) is 3.85. The maximum atomic E-state index is 14.3. The second kappa shape index (κ2) is 8.40. The predicted octanol–water partition coefficient (Wildman–Crippen LogP) is 4.90. The largest absolute Gasteiger partial charge is 0.472 e. The van der Waals surface area contributed by atoms with Gasteiger partial charge in [-0.2, -0.15) is 0 Å². The molecule has 1 aliphatic heterocycles. The third-order valence-corrected chi connectivity index (χ3v) is 8.58. The van der Waals surface area contributed by atoms with Crippen LogP contribution >= 0.6 is 15.9 Å². The summed E-state index contributed by atoms with van der Waals surface area (Å²) < 4.78 is 50.5. The molecule has 2 aromatic rings. The summed E-state index contributed by atoms with van der Waals surface area (Å²) in [6, 6.07) is 13.3. The van der Waals surface area contributed by atoms with Gasteiger partial charge in [-0.15, -0.1) is 4.40 Å². The lowest BCUT2D eigenvalue weighted by Gasteiger charge is -2.45. The summed E-state index contributed by atoms with van der Waals surface area (Å²) in [5, 5.41) is 9.46. The van der Waals surface area contributed by atoms with Crippen molar-refractivity contribution in [2.75, 3.05) is 6.61 Å². The number of aliphatic hydroxyl groups is 1. The maximum Gasteiger partial charge on any atom is 0.269 e. The smallest absolute Gasteiger partial charge is 0.269 e. The Labute approximate surface area is 185 Å². The molecule has 0 aromatic heterocycles. The second-order valence-corrected chi connectivity index (χ2v) is 10.9. The van der Waals surface area contributed by atoms with Crippen molar-refractivity contribution in [1.29, 1.82) is 0 Å². The first-order valence-corrected chi connectivity index (χ1v) is 11.9. The van der Waals surface area contributed by atoms with E-state index in [-0.39, 0.29) is 25.3 Å². The summed E-state index contributed by atoms with van der Waals surface area (Å²) >= 11 is 3.39. The molecule has 1 N–H and O–H groups in total. The first kappa shape index (κ1) is 22.9. The standard InChI is InChI=1S/C22H25BrFNO4S/c1-21(2)22(3,16-7-6-8-17(23)14-16)30(27,28)25-20(29-21)13-15(11-12-26)18-9-4-5-10-19(18)24/h4-10,14-15,26H,11-13H2,1-3H3/t15-,22?/m1/s1. The number of hydrogen-bond acceptors (Lipinski definition) is 4. The zero-order valence-corrected chi connectivity index (χ0v) is 19.5. The average Bonchev–Trinajstić information content (AvgIpc) is 2.65. The SMILES string of the molecule is CC1(C)OC(C[C@@H](CCO)c2ccccc2F)=NS(=O)(=O)C1(C)c1cccc(Br)c1. The minimum atomic E-state index is -4.02. The monoisotopic (exact) mass is 497 g/mol. The Balaban J connectivity index is 2.03. The Morgan fingerprint density at radius 2 is 1.87 bits per heavy atom. The van der Waals surface area contributed by atoms with E-state index in [1.807, 2.05) is 6.07 Å². The van der Waals surface area contributed by atoms with Crippen molar-refractivity contribution >= 4 is 31.9 Å². The highest BCUT2D eigenvalue weighted by atomic mass is 79.9. The minimum Gasteiger partial charge on any atom is -0.472 e. The van der Waals surface area contributed by atoms with Gasteiger partial charge in [0.05, 0.1) is 0 Å². The van der Waals surface area contributed by atoms with E-state index in [2.05, 4.69) is 20.3 Å². The van der Waals surface area contributed by atoms with Crippen LogP contribution in [0.25, 0.3) is 0 Å². The van der Waals surface area contributed by atoms with Gasteiger partial charge in [0, 0.05) is 17.5 Å². The molecule has 0 bridgehead atoms. The quantitative estimate of drug-likeness (QED) is 0.615. The van der Waals surface area contributed by atoms with Gasteiger partial charge in [0.25, 0.3) is 10.0 Å². The molecule has 30 heavy (non-hydrogen) atoms. The van der Waals surface area contributed by atoms with Crippen LogP contribution in [-0.2, 0) is 19.5 Å². The Hall–Kier alpha value is -1.77. The zero-order chi connectivity index (χ0) is 22.2. The van der Waals surface area contributed by atoms with E-state index >= 15 is 0 Å². The molecule has 0 aliphatic carbocycles. The van der Waals surface area contributed by atoms with Crippen molar-refractivity contribution in [2.24, 2.45) is 4.40 Å². The van der Waals surface area contributed by atoms with Crippen LogP contribution in [0.1, 0.15) is 50.7 Å². The summed E-state index contributed by atoms with van der Waals surface area (Å²) in [5.74, 6) is -0.848. The van der Waals surface area contributed by atoms with E-state index in [1.54, 1.807) is 57.2 Å². The predicted molar refractivity (Wildman–Crippen MR) is 118 cm³/mol. The van der Waals surface area contributed by atoms with Gasteiger partial charge in [-0.1, -0.05) is 46.3 Å². The summed E-state index contributed by atoms with van der Waals surface area (Å²) in [7, 11) is -4.02. The lowest BCUT2D eigenvalue weighted by molar-refractivity contribution is 0.0423. The summed E-state index contributed by atoms with van der Waals surface area (Å²) in [5.41, 5.74) is -0.179. The van der Waals surface area contributed by atoms with Gasteiger partial charge in [0.15, 0.2) is 4.75 Å². The number of aliphatic hydroxyl groups excluding tert-OH is 1. The molecule has 2 atom stereocenters. The highest BCUT2D eigenvalue weighted by Gasteiger charge is 2.58. The topological polar surface area (TPSA) is 76.0 Å². The van der Waals surface area contributed by atoms with Crippen molar-refractivity contribution in [3.05, 3.63) is 69.9 Å². The maximum absolute atomic E-state index is 14.3. The molecule has 2 aromatic carbocycles. The van der Waals surface area contributed by atoms with Crippen molar-refractivity contribution < 1.29 is 22.7 Å². The molecule has 0 radical (unpaired) electrons. The molecular formula is C22H25BrFNO4S. The van der Waals surface area contributed by atoms with Crippen LogP contribution in [0.5, 0.6) is 0 Å². The fourth-order valence-corrected chi connectivity index (χ4v) is 5.90. The lowest BCUT2D eigenvalue weighted by Crippen LogP contribution is -2.56. The van der Waals surface area contributed by atoms with Gasteiger partial charge in [-0.3, -0.25) is 0 Å². The number of hydrogen-bond donors (Lipinski definition) is 1. The number of halogens is 2. The molecule has 8 heteroatoms. The number of ether oxygens (including phenoxy) is 1. The van der Waals surface area contributed by atoms with Gasteiger partial charge >= 0.3 is 0 Å². The molecule has 162 valence electrons. The van der Waals surface area contributed by atoms with Crippen LogP contribution in [0.15, 0.2) is 57.4 Å². The first-order chi connectivity index (χ1) is 14.0. The summed E-state index contributed by atoms with van der Waals surface area (Å²) in [4.78, 5) is 0. The van der Waals surface area contributed by atoms with Gasteiger partial charge in [0.1, 0.15) is 11.4 Å². The van der Waals surface area contributed by atoms with E-state index in [0.717, 1.165) is 4.47 Å². The number of nitrogens with zero attached hydrogens (tertiary/aromatic N) is 1. The van der Waals surface area contributed by atoms with E-state index in [1.165, 1.54) is 6.07 Å². The van der Waals surface area contributed by atoms with Crippen molar-refractivity contribution in [3.63, 3.8) is 0 Å². The Morgan fingerprint density at radius 1 is 1.17 bits per heavy atom. The molecule has 5 nitrogen and oxygen atoms in total. The fraction of sp³-hybridized carbons (Fsp3) is 0.409. The first-order valence-electron chi connectivity index (χ1n) is 9.65. The highest BCUT2D eigenvalue weighted by Crippen LogP contribution is 2.47. The molecule has 1 aliphatic rings. The zero-order valence-electron chi connectivity index (χ0n) is 17.1. The van der Waals surface area contributed by atoms with Crippen molar-refractivity contribution in [2.45, 2.75) is 49.9 Å². The number of rotatable bonds is 6. The molecule has 1 unspecified atom stereocenters. The molecular weight excluding hydrogens is 473 g/mol. The Bertz CT molecular complexity index is 1070. The normalized spacial score (nSPS) is 23.3. The third kappa shape index (κ3) is 4.05. The van der Waals surface area contributed by atoms with Crippen molar-refractivity contribution in [1.82, 2.24) is 0 Å². The molecule has 0 saturated carbocycles. The van der Waals surface area contributed by atoms with Gasteiger partial charge in [-0.05, 0) is 62.4 Å². The van der Waals surface area contributed by atoms with E-state index in [4.69, 9.17) is 4.74 Å². The minimum absolute atomic E-state index is 0.0224. The molecule has 3 rings (SSSR count). The molecule has 0 fully saturated rings. The van der Waals surface area contributed by atoms with Crippen LogP contribution in [0.2, 0.25) is 0 Å². The lowest BCUT2D eigenvalue weighted by atomic mass is 9.84. The van der Waals surface area contributed by atoms with Crippen molar-refractivity contribution in [3.8, 4) is 0 Å². The van der Waals surface area contributed by atoms with Crippen LogP contribution < -0.4 is 0 Å². The van der Waals surface area contributed by atoms with Crippen LogP contribution in [0.4, 0.5) is 4.39 Å². The number of sulfonamides is 1. The van der Waals surface area contributed by atoms with E-state index in [9.17, 15) is 17.9 Å². The summed E-state index contributed by atoms with van der Waals surface area (Å²) in [6.07, 6.45) is 0.325. The van der Waals surface area contributed by atoms with Gasteiger partial charge in [-0.25, -0.2) is 12.8 Å². The van der Waals surface area contributed by atoms with Crippen LogP contribution in [0.3, 0.4) is 0 Å². The average molecular weight is 498 g/mol. The highest BCUT2D eigenvalue weighted by molar-refractivity contribution is 9.10. The third-order valence-electron chi connectivity index (χ3n) is 5.88. The van der Waals surface area contributed by atoms with E-state index in [0.29, 0.717) is 11.1 Å². The molecule has 0 spiro atoms. The van der Waals surface area contributed by atoms with Gasteiger partial charge in [0.2, 0.25) is 5.90 Å². The summed E-state index contributed by atoms with van der Waals surface area (Å²) in [6.45, 7) is 4.86. The van der Waals surface area contributed by atoms with E-state index < -0.39 is 32.1 Å². The van der Waals surface area contributed by atoms with Gasteiger partial charge < -0.3 is 9.84 Å². The van der Waals surface area contributed by atoms with Crippen LogP contribution in [-0.4, -0.2) is 31.6 Å². The molecule has 1 heterocycles.